The van der Waals surface area contributed by atoms with Gasteiger partial charge in [-0.2, -0.15) is 0 Å². The number of hydrogen-bond donors (Lipinski definition) is 1. The van der Waals surface area contributed by atoms with E-state index in [0.717, 1.165) is 55.5 Å². The molecule has 1 aliphatic heterocycles. The first-order valence-corrected chi connectivity index (χ1v) is 12.4. The summed E-state index contributed by atoms with van der Waals surface area (Å²) in [5.41, 5.74) is 0.528. The summed E-state index contributed by atoms with van der Waals surface area (Å²) < 4.78 is 5.80. The molecule has 1 saturated heterocycles. The van der Waals surface area contributed by atoms with Crippen LogP contribution in [-0.4, -0.2) is 34.3 Å². The van der Waals surface area contributed by atoms with Gasteiger partial charge in [-0.15, -0.1) is 0 Å². The Balaban J connectivity index is 1.12. The monoisotopic (exact) mass is 445 g/mol. The van der Waals surface area contributed by atoms with Crippen molar-refractivity contribution in [3.8, 4) is 11.5 Å². The minimum Gasteiger partial charge on any atom is -0.457 e. The Bertz CT molecular complexity index is 1000. The summed E-state index contributed by atoms with van der Waals surface area (Å²) in [5.74, 6) is 3.77. The average Bonchev–Trinajstić information content (AvgIpc) is 3.30. The van der Waals surface area contributed by atoms with E-state index in [1.807, 2.05) is 29.2 Å². The van der Waals surface area contributed by atoms with Crippen molar-refractivity contribution in [3.63, 3.8) is 0 Å². The average molecular weight is 446 g/mol. The van der Waals surface area contributed by atoms with E-state index in [-0.39, 0.29) is 23.3 Å². The van der Waals surface area contributed by atoms with E-state index in [1.54, 1.807) is 24.5 Å². The Kier molecular flexibility index (Phi) is 5.11. The normalized spacial score (nSPS) is 32.1. The molecule has 1 atom stereocenters. The number of amides is 2. The summed E-state index contributed by atoms with van der Waals surface area (Å²) >= 11 is 0. The van der Waals surface area contributed by atoms with Gasteiger partial charge in [0.1, 0.15) is 17.5 Å². The number of pyridine rings is 1. The van der Waals surface area contributed by atoms with Crippen LogP contribution in [0.25, 0.3) is 0 Å². The molecule has 33 heavy (non-hydrogen) atoms. The summed E-state index contributed by atoms with van der Waals surface area (Å²) in [7, 11) is 0. The van der Waals surface area contributed by atoms with E-state index in [2.05, 4.69) is 10.3 Å². The van der Waals surface area contributed by atoms with Crippen LogP contribution in [0.15, 0.2) is 48.8 Å². The number of nitrogens with zero attached hydrogens (tertiary/aromatic N) is 2. The van der Waals surface area contributed by atoms with Gasteiger partial charge in [0, 0.05) is 24.6 Å². The van der Waals surface area contributed by atoms with Gasteiger partial charge >= 0.3 is 0 Å². The summed E-state index contributed by atoms with van der Waals surface area (Å²) in [5, 5.41) is 3.04. The Morgan fingerprint density at radius 3 is 2.15 bits per heavy atom. The maximum Gasteiger partial charge on any atom is 0.247 e. The third kappa shape index (κ3) is 3.90. The van der Waals surface area contributed by atoms with Crippen LogP contribution >= 0.6 is 0 Å². The predicted octanol–water partition coefficient (Wildman–Crippen LogP) is 5.02. The van der Waals surface area contributed by atoms with Crippen LogP contribution in [0.3, 0.4) is 0 Å². The molecule has 0 spiro atoms. The number of likely N-dealkylation sites (tertiary alicyclic amines) is 1. The molecule has 172 valence electrons. The molecule has 1 N–H and O–H groups in total. The van der Waals surface area contributed by atoms with Gasteiger partial charge in [-0.1, -0.05) is 0 Å². The molecule has 5 fully saturated rings. The molecule has 4 bridgehead atoms. The van der Waals surface area contributed by atoms with E-state index in [9.17, 15) is 9.59 Å². The van der Waals surface area contributed by atoms with Crippen LogP contribution in [0.5, 0.6) is 11.5 Å². The first kappa shape index (κ1) is 20.7. The van der Waals surface area contributed by atoms with E-state index < -0.39 is 0 Å². The van der Waals surface area contributed by atoms with Crippen LogP contribution in [0.1, 0.15) is 51.4 Å². The Labute approximate surface area is 194 Å². The molecule has 2 heterocycles. The summed E-state index contributed by atoms with van der Waals surface area (Å²) in [4.78, 5) is 32.9. The van der Waals surface area contributed by atoms with Gasteiger partial charge in [0.05, 0.1) is 5.41 Å². The highest BCUT2D eigenvalue weighted by Crippen LogP contribution is 2.60. The van der Waals surface area contributed by atoms with Crippen LogP contribution in [0, 0.1) is 23.2 Å². The number of nitrogens with one attached hydrogen (secondary N) is 1. The largest absolute Gasteiger partial charge is 0.457 e. The molecule has 7 rings (SSSR count). The van der Waals surface area contributed by atoms with Crippen molar-refractivity contribution in [2.45, 2.75) is 57.4 Å². The molecule has 1 aromatic carbocycles. The van der Waals surface area contributed by atoms with E-state index in [4.69, 9.17) is 4.74 Å². The third-order valence-corrected chi connectivity index (χ3v) is 8.32. The fraction of sp³-hybridized carbons (Fsp3) is 0.519. The summed E-state index contributed by atoms with van der Waals surface area (Å²) in [6, 6.07) is 10.6. The molecular formula is C27H31N3O3. The number of ether oxygens (including phenoxy) is 1. The zero-order valence-corrected chi connectivity index (χ0v) is 18.9. The predicted molar refractivity (Wildman–Crippen MR) is 125 cm³/mol. The molecule has 5 aliphatic rings. The van der Waals surface area contributed by atoms with Crippen molar-refractivity contribution in [2.24, 2.45) is 23.2 Å². The fourth-order valence-electron chi connectivity index (χ4n) is 7.33. The van der Waals surface area contributed by atoms with Gasteiger partial charge in [0.2, 0.25) is 11.8 Å². The lowest BCUT2D eigenvalue weighted by Gasteiger charge is -2.56. The molecule has 2 amide bonds. The summed E-state index contributed by atoms with van der Waals surface area (Å²) in [6.07, 6.45) is 12.1. The lowest BCUT2D eigenvalue weighted by atomic mass is 9.49. The van der Waals surface area contributed by atoms with Gasteiger partial charge in [0.15, 0.2) is 0 Å². The highest BCUT2D eigenvalue weighted by Gasteiger charge is 2.56. The molecule has 2 aromatic rings. The smallest absolute Gasteiger partial charge is 0.247 e. The SMILES string of the molecule is O=C(Nc1ccc(Oc2ccncc2)cc1)C1CCCN1C(=O)C12CC3CC(CC(C3)C1)C2. The number of hydrogen-bond acceptors (Lipinski definition) is 4. The Hall–Kier alpha value is -2.89. The molecule has 6 heteroatoms. The molecule has 6 nitrogen and oxygen atoms in total. The second-order valence-electron chi connectivity index (χ2n) is 10.7. The third-order valence-electron chi connectivity index (χ3n) is 8.32. The van der Waals surface area contributed by atoms with Crippen molar-refractivity contribution in [1.29, 1.82) is 0 Å². The lowest BCUT2D eigenvalue weighted by Crippen LogP contribution is -2.56. The van der Waals surface area contributed by atoms with Gasteiger partial charge in [-0.25, -0.2) is 0 Å². The molecule has 0 radical (unpaired) electrons. The minimum absolute atomic E-state index is 0.0756. The summed E-state index contributed by atoms with van der Waals surface area (Å²) in [6.45, 7) is 0.706. The fourth-order valence-corrected chi connectivity index (χ4v) is 7.33. The first-order chi connectivity index (χ1) is 16.1. The minimum atomic E-state index is -0.363. The standard InChI is InChI=1S/C27H31N3O3/c31-25(29-21-3-5-22(6-4-21)33-23-7-9-28-10-8-23)24-2-1-11-30(24)26(32)27-15-18-12-19(16-27)14-20(13-18)17-27/h3-10,18-20,24H,1-2,11-17H2,(H,29,31). The van der Waals surface area contributed by atoms with Crippen molar-refractivity contribution in [2.75, 3.05) is 11.9 Å². The van der Waals surface area contributed by atoms with E-state index in [0.29, 0.717) is 18.0 Å². The van der Waals surface area contributed by atoms with Crippen molar-refractivity contribution in [1.82, 2.24) is 9.88 Å². The number of rotatable bonds is 5. The van der Waals surface area contributed by atoms with E-state index >= 15 is 0 Å². The Morgan fingerprint density at radius 2 is 1.52 bits per heavy atom. The number of benzene rings is 1. The maximum atomic E-state index is 13.8. The van der Waals surface area contributed by atoms with Crippen molar-refractivity contribution < 1.29 is 14.3 Å². The van der Waals surface area contributed by atoms with Crippen LogP contribution in [-0.2, 0) is 9.59 Å². The number of carbonyl (C=O) groups is 2. The molecule has 4 saturated carbocycles. The second kappa shape index (κ2) is 8.15. The quantitative estimate of drug-likeness (QED) is 0.701. The second-order valence-corrected chi connectivity index (χ2v) is 10.7. The number of anilines is 1. The zero-order chi connectivity index (χ0) is 22.4. The van der Waals surface area contributed by atoms with Gasteiger partial charge in [0.25, 0.3) is 0 Å². The van der Waals surface area contributed by atoms with Gasteiger partial charge in [-0.05, 0) is 106 Å². The van der Waals surface area contributed by atoms with Crippen LogP contribution < -0.4 is 10.1 Å². The van der Waals surface area contributed by atoms with Crippen molar-refractivity contribution >= 4 is 17.5 Å². The van der Waals surface area contributed by atoms with Crippen molar-refractivity contribution in [3.05, 3.63) is 48.8 Å². The van der Waals surface area contributed by atoms with Gasteiger partial charge in [-0.3, -0.25) is 14.6 Å². The highest BCUT2D eigenvalue weighted by atomic mass is 16.5. The number of aromatic nitrogens is 1. The molecule has 4 aliphatic carbocycles. The van der Waals surface area contributed by atoms with Gasteiger partial charge < -0.3 is 15.0 Å². The van der Waals surface area contributed by atoms with E-state index in [1.165, 1.54) is 19.3 Å². The lowest BCUT2D eigenvalue weighted by molar-refractivity contribution is -0.160. The zero-order valence-electron chi connectivity index (χ0n) is 18.9. The number of carbonyl (C=O) groups excluding carboxylic acids is 2. The van der Waals surface area contributed by atoms with Crippen LogP contribution in [0.2, 0.25) is 0 Å². The topological polar surface area (TPSA) is 71.5 Å². The highest BCUT2D eigenvalue weighted by molar-refractivity contribution is 5.98. The maximum absolute atomic E-state index is 13.8. The van der Waals surface area contributed by atoms with Crippen LogP contribution in [0.4, 0.5) is 5.69 Å². The molecule has 1 unspecified atom stereocenters. The first-order valence-electron chi connectivity index (χ1n) is 12.4. The molecule has 1 aromatic heterocycles. The molecular weight excluding hydrogens is 414 g/mol. The Morgan fingerprint density at radius 1 is 0.909 bits per heavy atom.